The predicted molar refractivity (Wildman–Crippen MR) is 70.7 cm³/mol. The van der Waals surface area contributed by atoms with Gasteiger partial charge in [-0.05, 0) is 24.7 Å². The zero-order valence-corrected chi connectivity index (χ0v) is 10.9. The van der Waals surface area contributed by atoms with Crippen LogP contribution in [0.3, 0.4) is 0 Å². The largest absolute Gasteiger partial charge is 0.478 e. The standard InChI is InChI=1S/C13H14N2O2S/c1-15(7-12-8-18-9-14-12)6-10-2-4-11(5-3-10)13(16)17/h2-5,8-9H,6-7H2,1H3,(H,16,17). The Morgan fingerprint density at radius 1 is 1.33 bits per heavy atom. The van der Waals surface area contributed by atoms with E-state index < -0.39 is 5.97 Å². The van der Waals surface area contributed by atoms with Crippen molar-refractivity contribution >= 4 is 17.3 Å². The second-order valence-corrected chi connectivity index (χ2v) is 4.87. The molecule has 94 valence electrons. The lowest BCUT2D eigenvalue weighted by molar-refractivity contribution is 0.0697. The molecule has 0 aliphatic heterocycles. The number of hydrogen-bond donors (Lipinski definition) is 1. The van der Waals surface area contributed by atoms with E-state index in [4.69, 9.17) is 5.11 Å². The average molecular weight is 262 g/mol. The summed E-state index contributed by atoms with van der Waals surface area (Å²) in [5.41, 5.74) is 4.30. The van der Waals surface area contributed by atoms with Gasteiger partial charge in [-0.3, -0.25) is 4.90 Å². The number of benzene rings is 1. The highest BCUT2D eigenvalue weighted by Gasteiger charge is 2.05. The summed E-state index contributed by atoms with van der Waals surface area (Å²) >= 11 is 1.59. The molecule has 0 aliphatic carbocycles. The van der Waals surface area contributed by atoms with Crippen molar-refractivity contribution in [1.29, 1.82) is 0 Å². The van der Waals surface area contributed by atoms with Gasteiger partial charge in [0.05, 0.1) is 16.8 Å². The Bertz CT molecular complexity index is 508. The van der Waals surface area contributed by atoms with Gasteiger partial charge < -0.3 is 5.11 Å². The van der Waals surface area contributed by atoms with Crippen molar-refractivity contribution in [2.24, 2.45) is 0 Å². The third-order valence-electron chi connectivity index (χ3n) is 2.57. The van der Waals surface area contributed by atoms with Crippen LogP contribution in [-0.4, -0.2) is 28.0 Å². The lowest BCUT2D eigenvalue weighted by atomic mass is 10.1. The molecule has 0 atom stereocenters. The van der Waals surface area contributed by atoms with Gasteiger partial charge in [-0.1, -0.05) is 12.1 Å². The first kappa shape index (κ1) is 12.7. The van der Waals surface area contributed by atoms with Crippen molar-refractivity contribution in [3.8, 4) is 0 Å². The van der Waals surface area contributed by atoms with E-state index >= 15 is 0 Å². The first-order valence-corrected chi connectivity index (χ1v) is 6.47. The van der Waals surface area contributed by atoms with Gasteiger partial charge in [0.15, 0.2) is 0 Å². The number of carboxylic acids is 1. The fourth-order valence-corrected chi connectivity index (χ4v) is 2.26. The van der Waals surface area contributed by atoms with Crippen LogP contribution < -0.4 is 0 Å². The van der Waals surface area contributed by atoms with Crippen molar-refractivity contribution in [1.82, 2.24) is 9.88 Å². The molecule has 2 aromatic rings. The smallest absolute Gasteiger partial charge is 0.335 e. The highest BCUT2D eigenvalue weighted by atomic mass is 32.1. The highest BCUT2D eigenvalue weighted by molar-refractivity contribution is 7.07. The summed E-state index contributed by atoms with van der Waals surface area (Å²) in [7, 11) is 2.02. The Morgan fingerprint density at radius 3 is 2.61 bits per heavy atom. The van der Waals surface area contributed by atoms with Crippen molar-refractivity contribution in [2.75, 3.05) is 7.05 Å². The van der Waals surface area contributed by atoms with Crippen LogP contribution in [0.1, 0.15) is 21.6 Å². The molecule has 0 amide bonds. The van der Waals surface area contributed by atoms with Crippen LogP contribution in [0.5, 0.6) is 0 Å². The summed E-state index contributed by atoms with van der Waals surface area (Å²) in [6.45, 7) is 1.57. The molecule has 0 spiro atoms. The van der Waals surface area contributed by atoms with Crippen LogP contribution in [0, 0.1) is 0 Å². The van der Waals surface area contributed by atoms with Crippen LogP contribution in [-0.2, 0) is 13.1 Å². The lowest BCUT2D eigenvalue weighted by Crippen LogP contribution is -2.17. The SMILES string of the molecule is CN(Cc1ccc(C(=O)O)cc1)Cc1cscn1. The molecule has 18 heavy (non-hydrogen) atoms. The van der Waals surface area contributed by atoms with Crippen LogP contribution in [0.15, 0.2) is 35.2 Å². The molecule has 2 rings (SSSR count). The minimum absolute atomic E-state index is 0.320. The third kappa shape index (κ3) is 3.38. The van der Waals surface area contributed by atoms with Gasteiger partial charge in [0, 0.05) is 18.5 Å². The summed E-state index contributed by atoms with van der Waals surface area (Å²) in [4.78, 5) is 17.1. The molecule has 0 saturated heterocycles. The number of thiazole rings is 1. The highest BCUT2D eigenvalue weighted by Crippen LogP contribution is 2.10. The van der Waals surface area contributed by atoms with Gasteiger partial charge in [-0.15, -0.1) is 11.3 Å². The van der Waals surface area contributed by atoms with Gasteiger partial charge >= 0.3 is 5.97 Å². The number of carbonyl (C=O) groups is 1. The van der Waals surface area contributed by atoms with Crippen molar-refractivity contribution in [3.63, 3.8) is 0 Å². The Balaban J connectivity index is 1.94. The number of aromatic carboxylic acids is 1. The molecule has 0 unspecified atom stereocenters. The van der Waals surface area contributed by atoms with E-state index in [2.05, 4.69) is 9.88 Å². The van der Waals surface area contributed by atoms with Crippen molar-refractivity contribution < 1.29 is 9.90 Å². The van der Waals surface area contributed by atoms with Gasteiger partial charge in [0.2, 0.25) is 0 Å². The molecule has 5 heteroatoms. The van der Waals surface area contributed by atoms with Gasteiger partial charge in [0.1, 0.15) is 0 Å². The number of hydrogen-bond acceptors (Lipinski definition) is 4. The topological polar surface area (TPSA) is 53.4 Å². The average Bonchev–Trinajstić information content (AvgIpc) is 2.82. The molecule has 1 aromatic carbocycles. The molecule has 4 nitrogen and oxygen atoms in total. The van der Waals surface area contributed by atoms with E-state index in [0.717, 1.165) is 24.3 Å². The maximum Gasteiger partial charge on any atom is 0.335 e. The maximum atomic E-state index is 10.7. The van der Waals surface area contributed by atoms with Gasteiger partial charge in [-0.2, -0.15) is 0 Å². The molecule has 1 heterocycles. The number of nitrogens with zero attached hydrogens (tertiary/aromatic N) is 2. The Labute approximate surface area is 110 Å². The van der Waals surface area contributed by atoms with Crippen LogP contribution >= 0.6 is 11.3 Å². The first-order valence-electron chi connectivity index (χ1n) is 5.53. The molecular weight excluding hydrogens is 248 g/mol. The quantitative estimate of drug-likeness (QED) is 0.899. The van der Waals surface area contributed by atoms with Crippen LogP contribution in [0.4, 0.5) is 0 Å². The third-order valence-corrected chi connectivity index (χ3v) is 3.20. The van der Waals surface area contributed by atoms with E-state index in [1.165, 1.54) is 0 Å². The molecule has 0 saturated carbocycles. The Hall–Kier alpha value is -1.72. The second-order valence-electron chi connectivity index (χ2n) is 4.15. The van der Waals surface area contributed by atoms with E-state index in [1.54, 1.807) is 23.5 Å². The number of rotatable bonds is 5. The molecule has 0 radical (unpaired) electrons. The molecular formula is C13H14N2O2S. The summed E-state index contributed by atoms with van der Waals surface area (Å²) in [6.07, 6.45) is 0. The molecule has 0 bridgehead atoms. The summed E-state index contributed by atoms with van der Waals surface area (Å²) in [5, 5.41) is 10.8. The lowest BCUT2D eigenvalue weighted by Gasteiger charge is -2.15. The molecule has 0 aliphatic rings. The normalized spacial score (nSPS) is 10.8. The number of aromatic nitrogens is 1. The monoisotopic (exact) mass is 262 g/mol. The molecule has 1 aromatic heterocycles. The summed E-state index contributed by atoms with van der Waals surface area (Å²) in [5.74, 6) is -0.891. The fourth-order valence-electron chi connectivity index (χ4n) is 1.71. The van der Waals surface area contributed by atoms with Gasteiger partial charge in [-0.25, -0.2) is 9.78 Å². The van der Waals surface area contributed by atoms with Gasteiger partial charge in [0.25, 0.3) is 0 Å². The van der Waals surface area contributed by atoms with Crippen LogP contribution in [0.25, 0.3) is 0 Å². The second kappa shape index (κ2) is 5.75. The fraction of sp³-hybridized carbons (Fsp3) is 0.231. The first-order chi connectivity index (χ1) is 8.65. The molecule has 1 N–H and O–H groups in total. The zero-order valence-electron chi connectivity index (χ0n) is 10.0. The molecule has 0 fully saturated rings. The van der Waals surface area contributed by atoms with E-state index in [-0.39, 0.29) is 0 Å². The Kier molecular flexibility index (Phi) is 4.07. The van der Waals surface area contributed by atoms with E-state index in [1.807, 2.05) is 30.1 Å². The maximum absolute atomic E-state index is 10.7. The van der Waals surface area contributed by atoms with E-state index in [9.17, 15) is 4.79 Å². The minimum Gasteiger partial charge on any atom is -0.478 e. The van der Waals surface area contributed by atoms with Crippen LogP contribution in [0.2, 0.25) is 0 Å². The Morgan fingerprint density at radius 2 is 2.06 bits per heavy atom. The zero-order chi connectivity index (χ0) is 13.0. The predicted octanol–water partition coefficient (Wildman–Crippen LogP) is 2.47. The summed E-state index contributed by atoms with van der Waals surface area (Å²) < 4.78 is 0. The summed E-state index contributed by atoms with van der Waals surface area (Å²) in [6, 6.07) is 6.96. The van der Waals surface area contributed by atoms with Crippen molar-refractivity contribution in [3.05, 3.63) is 52.0 Å². The number of carboxylic acid groups (broad SMARTS) is 1. The van der Waals surface area contributed by atoms with Crippen molar-refractivity contribution in [2.45, 2.75) is 13.1 Å². The minimum atomic E-state index is -0.891. The van der Waals surface area contributed by atoms with E-state index in [0.29, 0.717) is 5.56 Å².